The van der Waals surface area contributed by atoms with E-state index in [0.29, 0.717) is 0 Å². The molecular weight excluding hydrogens is 291 g/mol. The minimum Gasteiger partial charge on any atom is -0.518 e. The summed E-state index contributed by atoms with van der Waals surface area (Å²) in [6, 6.07) is 0. The molecule has 56 valence electrons. The van der Waals surface area contributed by atoms with E-state index in [0.717, 1.165) is 19.3 Å². The van der Waals surface area contributed by atoms with Crippen LogP contribution < -0.4 is 0 Å². The Morgan fingerprint density at radius 2 is 1.89 bits per heavy atom. The number of hydrogen-bond acceptors (Lipinski definition) is 0. The van der Waals surface area contributed by atoms with E-state index in [1.807, 2.05) is 0 Å². The van der Waals surface area contributed by atoms with Crippen molar-refractivity contribution in [3.63, 3.8) is 0 Å². The quantitative estimate of drug-likeness (QED) is 0.426. The summed E-state index contributed by atoms with van der Waals surface area (Å²) in [6.45, 7) is 7.28. The van der Waals surface area contributed by atoms with Crippen LogP contribution in [0.5, 0.6) is 0 Å². The van der Waals surface area contributed by atoms with Gasteiger partial charge < -0.3 is 6.58 Å². The second kappa shape index (κ2) is 11.0. The fourth-order valence-electron chi connectivity index (χ4n) is 0.477. The van der Waals surface area contributed by atoms with Gasteiger partial charge in [-0.1, -0.05) is 25.5 Å². The van der Waals surface area contributed by atoms with Gasteiger partial charge in [-0.05, 0) is 12.8 Å². The molecule has 0 nitrogen and oxygen atoms in total. The van der Waals surface area contributed by atoms with E-state index in [1.165, 1.54) is 0 Å². The molecule has 9 heavy (non-hydrogen) atoms. The van der Waals surface area contributed by atoms with Gasteiger partial charge in [-0.25, -0.2) is 0 Å². The molecule has 0 aromatic rings. The van der Waals surface area contributed by atoms with Crippen LogP contribution in [0.25, 0.3) is 0 Å². The normalized spacial score (nSPS) is 9.00. The molecule has 0 aliphatic rings. The predicted octanol–water partition coefficient (Wildman–Crippen LogP) is 2.72. The van der Waals surface area contributed by atoms with Crippen LogP contribution in [-0.4, -0.2) is 0 Å². The third-order valence-corrected chi connectivity index (χ3v) is 0.902. The summed E-state index contributed by atoms with van der Waals surface area (Å²) in [4.78, 5) is 0. The van der Waals surface area contributed by atoms with Crippen LogP contribution >= 0.6 is 0 Å². The molecule has 0 spiro atoms. The maximum absolute atomic E-state index is 5.15. The molecule has 0 heterocycles. The molecule has 0 aliphatic carbocycles. The molecule has 0 aromatic carbocycles. The Morgan fingerprint density at radius 1 is 1.22 bits per heavy atom. The first-order valence-electron chi connectivity index (χ1n) is 3.10. The Bertz CT molecular complexity index is 74.6. The minimum atomic E-state index is 0. The number of allylic oxidation sites excluding steroid dienone is 3. The van der Waals surface area contributed by atoms with E-state index >= 15 is 0 Å². The van der Waals surface area contributed by atoms with Crippen molar-refractivity contribution < 1.29 is 21.1 Å². The van der Waals surface area contributed by atoms with Crippen LogP contribution in [0.4, 0.5) is 0 Å². The fraction of sp³-hybridized carbons (Fsp3) is 0.500. The number of rotatable bonds is 4. The average Bonchev–Trinajstić information content (AvgIpc) is 1.81. The molecule has 0 saturated carbocycles. The molecule has 0 atom stereocenters. The summed E-state index contributed by atoms with van der Waals surface area (Å²) < 4.78 is 0. The second-order valence-electron chi connectivity index (χ2n) is 1.69. The van der Waals surface area contributed by atoms with E-state index in [-0.39, 0.29) is 21.1 Å². The van der Waals surface area contributed by atoms with Crippen molar-refractivity contribution in [2.45, 2.75) is 26.2 Å². The molecule has 0 bridgehead atoms. The zero-order valence-electron chi connectivity index (χ0n) is 5.75. The first-order chi connectivity index (χ1) is 3.91. The van der Waals surface area contributed by atoms with E-state index in [2.05, 4.69) is 19.1 Å². The Morgan fingerprint density at radius 3 is 2.33 bits per heavy atom. The Hall–Kier alpha value is 0.168. The third kappa shape index (κ3) is 11.6. The zero-order chi connectivity index (χ0) is 6.24. The summed E-state index contributed by atoms with van der Waals surface area (Å²) in [5.74, 6) is 0. The largest absolute Gasteiger partial charge is 0.518 e. The topological polar surface area (TPSA) is 0 Å². The van der Waals surface area contributed by atoms with Gasteiger partial charge in [0.2, 0.25) is 0 Å². The smallest absolute Gasteiger partial charge is 0 e. The van der Waals surface area contributed by atoms with E-state index < -0.39 is 0 Å². The summed E-state index contributed by atoms with van der Waals surface area (Å²) >= 11 is 0. The maximum Gasteiger partial charge on any atom is 0 e. The van der Waals surface area contributed by atoms with Crippen molar-refractivity contribution in [3.05, 3.63) is 24.8 Å². The van der Waals surface area contributed by atoms with Crippen molar-refractivity contribution in [3.8, 4) is 0 Å². The van der Waals surface area contributed by atoms with Gasteiger partial charge in [0.25, 0.3) is 0 Å². The molecule has 0 aromatic heterocycles. The molecule has 0 radical (unpaired) electrons. The van der Waals surface area contributed by atoms with E-state index in [1.54, 1.807) is 6.08 Å². The van der Waals surface area contributed by atoms with Gasteiger partial charge in [0.05, 0.1) is 0 Å². The van der Waals surface area contributed by atoms with Gasteiger partial charge in [0, 0.05) is 21.1 Å². The monoisotopic (exact) mass is 304 g/mol. The summed E-state index contributed by atoms with van der Waals surface area (Å²) in [7, 11) is 0. The van der Waals surface area contributed by atoms with Crippen molar-refractivity contribution in [2.24, 2.45) is 0 Å². The molecule has 0 fully saturated rings. The Kier molecular flexibility index (Phi) is 14.6. The summed E-state index contributed by atoms with van der Waals surface area (Å²) in [6.07, 6.45) is 9.22. The van der Waals surface area contributed by atoms with E-state index in [9.17, 15) is 0 Å². The average molecular weight is 304 g/mol. The molecule has 0 saturated heterocycles. The minimum absolute atomic E-state index is 0. The first kappa shape index (κ1) is 11.9. The van der Waals surface area contributed by atoms with Crippen LogP contribution in [-0.2, 0) is 21.1 Å². The van der Waals surface area contributed by atoms with Crippen LogP contribution in [0.1, 0.15) is 26.2 Å². The van der Waals surface area contributed by atoms with E-state index in [4.69, 9.17) is 6.58 Å². The van der Waals surface area contributed by atoms with Crippen LogP contribution in [0, 0.1) is 6.58 Å². The standard InChI is InChI=1S/C8H13.Pt/c1-3-5-7-8-6-4-2;/h1,3,6,8H,4-5,7H2,2H3;/q-1;. The molecule has 0 aliphatic heterocycles. The molecular formula is C8H13Pt-. The first-order valence-corrected chi connectivity index (χ1v) is 3.10. The molecule has 0 amide bonds. The van der Waals surface area contributed by atoms with Gasteiger partial charge in [-0.3, -0.25) is 6.08 Å². The van der Waals surface area contributed by atoms with Gasteiger partial charge in [-0.2, -0.15) is 0 Å². The Labute approximate surface area is 72.3 Å². The van der Waals surface area contributed by atoms with Crippen molar-refractivity contribution in [2.75, 3.05) is 0 Å². The predicted molar refractivity (Wildman–Crippen MR) is 37.5 cm³/mol. The van der Waals surface area contributed by atoms with Crippen LogP contribution in [0.15, 0.2) is 18.2 Å². The van der Waals surface area contributed by atoms with Crippen LogP contribution in [0.2, 0.25) is 0 Å². The second-order valence-corrected chi connectivity index (χ2v) is 1.69. The van der Waals surface area contributed by atoms with Crippen molar-refractivity contribution >= 4 is 0 Å². The SMILES string of the molecule is [CH-]=CCCC=CCC.[Pt]. The van der Waals surface area contributed by atoms with Crippen molar-refractivity contribution in [1.29, 1.82) is 0 Å². The Balaban J connectivity index is 0. The number of hydrogen-bond donors (Lipinski definition) is 0. The van der Waals surface area contributed by atoms with Gasteiger partial charge in [0.1, 0.15) is 0 Å². The molecule has 0 unspecified atom stereocenters. The van der Waals surface area contributed by atoms with Gasteiger partial charge in [0.15, 0.2) is 0 Å². The van der Waals surface area contributed by atoms with Gasteiger partial charge >= 0.3 is 0 Å². The van der Waals surface area contributed by atoms with Gasteiger partial charge in [-0.15, -0.1) is 0 Å². The molecule has 0 N–H and O–H groups in total. The third-order valence-electron chi connectivity index (χ3n) is 0.902. The summed E-state index contributed by atoms with van der Waals surface area (Å²) in [5.41, 5.74) is 0. The molecule has 0 rings (SSSR count). The summed E-state index contributed by atoms with van der Waals surface area (Å²) in [5, 5.41) is 0. The van der Waals surface area contributed by atoms with Crippen molar-refractivity contribution in [1.82, 2.24) is 0 Å². The maximum atomic E-state index is 5.15. The molecule has 1 heteroatoms. The zero-order valence-corrected chi connectivity index (χ0v) is 8.02. The number of unbranched alkanes of at least 4 members (excludes halogenated alkanes) is 1. The fourth-order valence-corrected chi connectivity index (χ4v) is 0.477. The van der Waals surface area contributed by atoms with Crippen LogP contribution in [0.3, 0.4) is 0 Å².